The van der Waals surface area contributed by atoms with Crippen LogP contribution in [0.3, 0.4) is 0 Å². The molecule has 0 bridgehead atoms. The molecule has 21 nitrogen and oxygen atoms in total. The third-order valence-corrected chi connectivity index (χ3v) is 11.9. The average molecular weight is 878 g/mol. The predicted octanol–water partition coefficient (Wildman–Crippen LogP) is 3.34. The topological polar surface area (TPSA) is 297 Å². The van der Waals surface area contributed by atoms with Gasteiger partial charge in [-0.25, -0.2) is 0 Å². The molecule has 3 heterocycles. The number of aryl methyl sites for hydroxylation is 1. The maximum Gasteiger partial charge on any atom is 0.357 e. The summed E-state index contributed by atoms with van der Waals surface area (Å²) in [6, 6.07) is 18.3. The number of ether oxygens (including phenoxy) is 1. The molecule has 0 saturated carbocycles. The zero-order chi connectivity index (χ0) is 42.5. The van der Waals surface area contributed by atoms with E-state index in [9.17, 15) is 39.7 Å². The van der Waals surface area contributed by atoms with Crippen LogP contribution in [0.2, 0.25) is 0 Å². The fourth-order valence-corrected chi connectivity index (χ4v) is 8.37. The Morgan fingerprint density at radius 3 is 2.23 bits per heavy atom. The van der Waals surface area contributed by atoms with E-state index in [2.05, 4.69) is 35.2 Å². The second-order valence-electron chi connectivity index (χ2n) is 13.2. The first kappa shape index (κ1) is 40.4. The van der Waals surface area contributed by atoms with Gasteiger partial charge in [0, 0.05) is 42.8 Å². The van der Waals surface area contributed by atoms with Gasteiger partial charge < -0.3 is 34.3 Å². The Morgan fingerprint density at radius 2 is 1.53 bits per heavy atom. The van der Waals surface area contributed by atoms with Crippen molar-refractivity contribution in [2.75, 3.05) is 47.2 Å². The van der Waals surface area contributed by atoms with Gasteiger partial charge in [0.2, 0.25) is 17.8 Å². The highest BCUT2D eigenvalue weighted by Crippen LogP contribution is 2.43. The smallest absolute Gasteiger partial charge is 0.357 e. The first-order valence-electron chi connectivity index (χ1n) is 17.5. The minimum Gasteiger partial charge on any atom is -0.378 e. The molecule has 0 radical (unpaired) electrons. The van der Waals surface area contributed by atoms with Gasteiger partial charge in [0.25, 0.3) is 15.7 Å². The maximum absolute atomic E-state index is 14.1. The molecule has 6 aromatic rings. The standard InChI is InChI=1S/C36H31N9O12S3/c1-44-27-9-8-24(32-31(27)23(18-30(44)46)21-4-2-3-5-22(21)33(32)47)39-26-16-19(6-11-29(26)59(50,51)52)38-34-41-35(43-36(42-34)45-12-14-55-15-13-45)40-25-17-20(60(53,54)57-37)7-10-28(25)56-58(48)49/h2-11,16-18,39H,12-15,37H2,1H3,(H,48,49)(H,50,51,52)(H2,38,40,41,42,43). The lowest BCUT2D eigenvalue weighted by molar-refractivity contribution is 0.104. The Labute approximate surface area is 342 Å². The van der Waals surface area contributed by atoms with E-state index in [1.54, 1.807) is 42.3 Å². The third kappa shape index (κ3) is 7.75. The van der Waals surface area contributed by atoms with Gasteiger partial charge in [-0.15, -0.1) is 0 Å². The van der Waals surface area contributed by atoms with Crippen LogP contribution in [0.1, 0.15) is 15.9 Å². The molecule has 1 unspecified atom stereocenters. The van der Waals surface area contributed by atoms with Gasteiger partial charge in [-0.2, -0.15) is 46.2 Å². The molecule has 0 spiro atoms. The average Bonchev–Trinajstić information content (AvgIpc) is 3.22. The summed E-state index contributed by atoms with van der Waals surface area (Å²) in [7, 11) is -7.74. The number of aromatic nitrogens is 4. The van der Waals surface area contributed by atoms with Crippen molar-refractivity contribution in [3.05, 3.63) is 100 Å². The number of nitrogens with two attached hydrogens (primary N) is 1. The molecule has 1 aliphatic carbocycles. The summed E-state index contributed by atoms with van der Waals surface area (Å²) < 4.78 is 97.5. The molecule has 2 aliphatic rings. The zero-order valence-electron chi connectivity index (χ0n) is 30.8. The van der Waals surface area contributed by atoms with Crippen LogP contribution in [-0.4, -0.2) is 81.8 Å². The lowest BCUT2D eigenvalue weighted by Crippen LogP contribution is -2.37. The number of nitrogens with zero attached hydrogens (tertiary/aromatic N) is 5. The highest BCUT2D eigenvalue weighted by Gasteiger charge is 2.30. The number of benzene rings is 4. The van der Waals surface area contributed by atoms with Crippen LogP contribution in [0.5, 0.6) is 5.75 Å². The first-order valence-corrected chi connectivity index (χ1v) is 21.4. The van der Waals surface area contributed by atoms with Crippen molar-refractivity contribution in [2.45, 2.75) is 9.79 Å². The Kier molecular flexibility index (Phi) is 10.5. The van der Waals surface area contributed by atoms with Gasteiger partial charge in [-0.1, -0.05) is 24.3 Å². The summed E-state index contributed by atoms with van der Waals surface area (Å²) >= 11 is -2.83. The third-order valence-electron chi connectivity index (χ3n) is 9.58. The van der Waals surface area contributed by atoms with Crippen molar-refractivity contribution in [1.82, 2.24) is 19.5 Å². The Balaban J connectivity index is 1.21. The summed E-state index contributed by atoms with van der Waals surface area (Å²) in [5, 5.41) is 9.25. The predicted molar refractivity (Wildman–Crippen MR) is 217 cm³/mol. The van der Waals surface area contributed by atoms with Crippen LogP contribution in [0.25, 0.3) is 22.0 Å². The molecule has 1 saturated heterocycles. The monoisotopic (exact) mass is 877 g/mol. The lowest BCUT2D eigenvalue weighted by atomic mass is 9.83. The molecule has 4 aromatic carbocycles. The largest absolute Gasteiger partial charge is 0.378 e. The van der Waals surface area contributed by atoms with E-state index in [1.807, 2.05) is 0 Å². The van der Waals surface area contributed by atoms with Crippen LogP contribution < -0.4 is 36.5 Å². The fraction of sp³-hybridized carbons (Fsp3) is 0.139. The summed E-state index contributed by atoms with van der Waals surface area (Å²) in [4.78, 5) is 41.3. The number of ketones is 1. The molecule has 24 heteroatoms. The summed E-state index contributed by atoms with van der Waals surface area (Å²) in [5.41, 5.74) is 1.76. The van der Waals surface area contributed by atoms with E-state index >= 15 is 0 Å². The Bertz CT molecular complexity index is 3070. The zero-order valence-corrected chi connectivity index (χ0v) is 33.3. The fourth-order valence-electron chi connectivity index (χ4n) is 6.83. The summed E-state index contributed by atoms with van der Waals surface area (Å²) in [5.74, 6) is 4.08. The van der Waals surface area contributed by atoms with Gasteiger partial charge >= 0.3 is 21.5 Å². The Hall–Kier alpha value is -6.38. The first-order chi connectivity index (χ1) is 28.6. The summed E-state index contributed by atoms with van der Waals surface area (Å²) in [6.45, 7) is 1.41. The molecular formula is C36H31N9O12S3. The van der Waals surface area contributed by atoms with Gasteiger partial charge in [0.1, 0.15) is 4.90 Å². The van der Waals surface area contributed by atoms with Crippen molar-refractivity contribution in [2.24, 2.45) is 12.9 Å². The number of rotatable bonds is 12. The number of morpholine rings is 1. The number of fused-ring (bicyclic) bond motifs is 2. The van der Waals surface area contributed by atoms with Gasteiger partial charge in [0.15, 0.2) is 11.5 Å². The minimum absolute atomic E-state index is 0.118. The second kappa shape index (κ2) is 15.7. The Morgan fingerprint density at radius 1 is 0.817 bits per heavy atom. The number of carbonyl (C=O) groups is 1. The SMILES string of the molecule is Cn1c(=O)cc2c3c(c(Nc4cc(Nc5nc(Nc6cc(S(=O)(=O)ON)ccc6OS(=O)O)nc(N6CCOCC6)n5)ccc4S(=O)(=O)O)ccc31)C(=O)c1ccccc1-2. The van der Waals surface area contributed by atoms with E-state index in [4.69, 9.17) is 14.8 Å². The van der Waals surface area contributed by atoms with E-state index in [0.717, 1.165) is 24.3 Å². The van der Waals surface area contributed by atoms with Gasteiger partial charge in [-0.05, 0) is 59.7 Å². The van der Waals surface area contributed by atoms with Crippen LogP contribution in [0.15, 0.2) is 93.4 Å². The van der Waals surface area contributed by atoms with E-state index in [1.165, 1.54) is 28.8 Å². The number of carbonyl (C=O) groups excluding carboxylic acids is 1. The highest BCUT2D eigenvalue weighted by atomic mass is 32.2. The molecular weight excluding hydrogens is 847 g/mol. The van der Waals surface area contributed by atoms with Crippen LogP contribution in [-0.2, 0) is 47.7 Å². The van der Waals surface area contributed by atoms with E-state index < -0.39 is 41.4 Å². The maximum atomic E-state index is 14.1. The highest BCUT2D eigenvalue weighted by molar-refractivity contribution is 7.86. The van der Waals surface area contributed by atoms with Crippen LogP contribution in [0, 0.1) is 0 Å². The summed E-state index contributed by atoms with van der Waals surface area (Å²) in [6.07, 6.45) is 0. The second-order valence-corrected chi connectivity index (χ2v) is 16.7. The molecule has 310 valence electrons. The molecule has 0 amide bonds. The molecule has 8 rings (SSSR count). The van der Waals surface area contributed by atoms with Gasteiger partial charge in [0.05, 0.1) is 46.3 Å². The van der Waals surface area contributed by atoms with Crippen molar-refractivity contribution in [3.63, 3.8) is 0 Å². The number of pyridine rings is 1. The minimum atomic E-state index is -4.87. The molecule has 1 atom stereocenters. The van der Waals surface area contributed by atoms with Crippen molar-refractivity contribution >= 4 is 88.9 Å². The molecule has 2 aromatic heterocycles. The van der Waals surface area contributed by atoms with Crippen molar-refractivity contribution in [3.8, 4) is 16.9 Å². The molecule has 60 heavy (non-hydrogen) atoms. The van der Waals surface area contributed by atoms with Gasteiger partial charge in [-0.3, -0.25) is 18.7 Å². The van der Waals surface area contributed by atoms with Crippen molar-refractivity contribution in [1.29, 1.82) is 0 Å². The number of anilines is 7. The molecule has 1 fully saturated rings. The van der Waals surface area contributed by atoms with Crippen molar-refractivity contribution < 1.29 is 48.1 Å². The number of hydrogen-bond acceptors (Lipinski definition) is 18. The van der Waals surface area contributed by atoms with E-state index in [-0.39, 0.29) is 63.3 Å². The number of hydrogen-bond donors (Lipinski definition) is 6. The quantitative estimate of drug-likeness (QED) is 0.0583. The molecule has 1 aliphatic heterocycles. The molecule has 7 N–H and O–H groups in total. The normalized spacial score (nSPS) is 14.4. The van der Waals surface area contributed by atoms with Crippen LogP contribution >= 0.6 is 0 Å². The van der Waals surface area contributed by atoms with Crippen LogP contribution in [0.4, 0.5) is 40.6 Å². The lowest BCUT2D eigenvalue weighted by Gasteiger charge is -2.27. The number of nitrogens with one attached hydrogen (secondary N) is 3. The van der Waals surface area contributed by atoms with E-state index in [0.29, 0.717) is 53.9 Å².